The molecule has 2 atom stereocenters. The number of pyridine rings is 1. The van der Waals surface area contributed by atoms with E-state index in [1.807, 2.05) is 0 Å². The van der Waals surface area contributed by atoms with E-state index in [4.69, 9.17) is 16.3 Å². The summed E-state index contributed by atoms with van der Waals surface area (Å²) in [6.45, 7) is 1.51. The predicted octanol–water partition coefficient (Wildman–Crippen LogP) is 3.56. The molecule has 2 amide bonds. The van der Waals surface area contributed by atoms with Gasteiger partial charge in [-0.1, -0.05) is 11.6 Å². The molecule has 1 aliphatic rings. The molecule has 3 aromatic rings. The zero-order chi connectivity index (χ0) is 25.4. The molecule has 1 saturated heterocycles. The van der Waals surface area contributed by atoms with Gasteiger partial charge in [0.1, 0.15) is 29.1 Å². The highest BCUT2D eigenvalue weighted by molar-refractivity contribution is 6.30. The van der Waals surface area contributed by atoms with Crippen LogP contribution in [0.2, 0.25) is 5.02 Å². The molecule has 7 nitrogen and oxygen atoms in total. The van der Waals surface area contributed by atoms with Crippen LogP contribution in [0.4, 0.5) is 14.5 Å². The van der Waals surface area contributed by atoms with Crippen LogP contribution in [0.25, 0.3) is 0 Å². The van der Waals surface area contributed by atoms with E-state index < -0.39 is 41.0 Å². The molecule has 1 aromatic heterocycles. The molecule has 182 valence electrons. The lowest BCUT2D eigenvalue weighted by Crippen LogP contribution is -2.44. The molecule has 0 aliphatic carbocycles. The maximum absolute atomic E-state index is 15.0. The van der Waals surface area contributed by atoms with Crippen LogP contribution in [0.15, 0.2) is 53.3 Å². The van der Waals surface area contributed by atoms with Gasteiger partial charge in [-0.2, -0.15) is 0 Å². The van der Waals surface area contributed by atoms with E-state index in [1.54, 1.807) is 20.0 Å². The first-order valence-corrected chi connectivity index (χ1v) is 11.1. The molecule has 1 fully saturated rings. The Hall–Kier alpha value is -3.72. The number of amides is 2. The number of benzene rings is 2. The minimum absolute atomic E-state index is 0.0286. The van der Waals surface area contributed by atoms with E-state index in [0.717, 1.165) is 17.0 Å². The topological polar surface area (TPSA) is 80.6 Å². The molecular weight excluding hydrogens is 480 g/mol. The van der Waals surface area contributed by atoms with Crippen molar-refractivity contribution < 1.29 is 23.1 Å². The third-order valence-electron chi connectivity index (χ3n) is 6.19. The van der Waals surface area contributed by atoms with Gasteiger partial charge in [-0.05, 0) is 43.3 Å². The molecule has 2 heterocycles. The van der Waals surface area contributed by atoms with Crippen molar-refractivity contribution in [1.29, 1.82) is 0 Å². The van der Waals surface area contributed by atoms with Crippen LogP contribution < -0.4 is 20.5 Å². The largest absolute Gasteiger partial charge is 0.497 e. The summed E-state index contributed by atoms with van der Waals surface area (Å²) in [4.78, 5) is 40.4. The summed E-state index contributed by atoms with van der Waals surface area (Å²) in [5, 5.41) is 3.01. The van der Waals surface area contributed by atoms with E-state index in [2.05, 4.69) is 5.32 Å². The normalized spacial score (nSPS) is 17.5. The minimum Gasteiger partial charge on any atom is -0.497 e. The first kappa shape index (κ1) is 24.4. The number of methoxy groups -OCH3 is 1. The fourth-order valence-corrected chi connectivity index (χ4v) is 4.27. The van der Waals surface area contributed by atoms with Gasteiger partial charge in [0, 0.05) is 53.5 Å². The van der Waals surface area contributed by atoms with Crippen LogP contribution >= 0.6 is 11.6 Å². The number of anilines is 1. The van der Waals surface area contributed by atoms with Crippen molar-refractivity contribution in [3.63, 3.8) is 0 Å². The number of halogens is 3. The SMILES string of the molecule is COc1cc(F)c([C@@H]2CN(c3ccc(C)n(C)c3=O)C(=O)[C@H]2NC(=O)c2ccc(Cl)cc2)c(F)c1. The highest BCUT2D eigenvalue weighted by atomic mass is 35.5. The second kappa shape index (κ2) is 9.50. The zero-order valence-electron chi connectivity index (χ0n) is 19.1. The van der Waals surface area contributed by atoms with Gasteiger partial charge in [-0.3, -0.25) is 14.4 Å². The van der Waals surface area contributed by atoms with Crippen molar-refractivity contribution in [2.45, 2.75) is 18.9 Å². The number of hydrogen-bond donors (Lipinski definition) is 1. The van der Waals surface area contributed by atoms with Gasteiger partial charge < -0.3 is 19.5 Å². The van der Waals surface area contributed by atoms with Gasteiger partial charge in [0.25, 0.3) is 11.5 Å². The lowest BCUT2D eigenvalue weighted by atomic mass is 9.92. The minimum atomic E-state index is -1.33. The number of rotatable bonds is 5. The molecule has 2 aromatic carbocycles. The number of nitrogens with zero attached hydrogens (tertiary/aromatic N) is 2. The van der Waals surface area contributed by atoms with Crippen molar-refractivity contribution in [3.05, 3.63) is 92.4 Å². The standard InChI is InChI=1S/C25H22ClF2N3O4/c1-13-4-9-20(24(33)30(13)2)31-12-17(21-18(27)10-16(35-3)11-19(21)28)22(25(31)34)29-23(32)14-5-7-15(26)8-6-14/h4-11,17,22H,12H2,1-3H3,(H,29,32)/t17-,22-/m0/s1. The summed E-state index contributed by atoms with van der Waals surface area (Å²) in [6, 6.07) is 9.78. The van der Waals surface area contributed by atoms with Crippen molar-refractivity contribution >= 4 is 29.1 Å². The van der Waals surface area contributed by atoms with E-state index in [9.17, 15) is 14.4 Å². The predicted molar refractivity (Wildman–Crippen MR) is 127 cm³/mol. The highest BCUT2D eigenvalue weighted by Gasteiger charge is 2.46. The number of carbonyl (C=O) groups is 2. The van der Waals surface area contributed by atoms with Crippen LogP contribution in [0.3, 0.4) is 0 Å². The van der Waals surface area contributed by atoms with Crippen LogP contribution in [0.1, 0.15) is 27.5 Å². The number of carbonyl (C=O) groups excluding carboxylic acids is 2. The Morgan fingerprint density at radius 1 is 1.09 bits per heavy atom. The zero-order valence-corrected chi connectivity index (χ0v) is 19.9. The molecular formula is C25H22ClF2N3O4. The summed E-state index contributed by atoms with van der Waals surface area (Å²) in [5.74, 6) is -4.28. The summed E-state index contributed by atoms with van der Waals surface area (Å²) in [7, 11) is 2.83. The second-order valence-corrected chi connectivity index (χ2v) is 8.68. The van der Waals surface area contributed by atoms with Gasteiger partial charge in [-0.25, -0.2) is 8.78 Å². The van der Waals surface area contributed by atoms with Crippen LogP contribution in [-0.4, -0.2) is 36.1 Å². The van der Waals surface area contributed by atoms with Crippen molar-refractivity contribution in [1.82, 2.24) is 9.88 Å². The average Bonchev–Trinajstić information content (AvgIpc) is 3.13. The Morgan fingerprint density at radius 2 is 1.71 bits per heavy atom. The fourth-order valence-electron chi connectivity index (χ4n) is 4.15. The monoisotopic (exact) mass is 501 g/mol. The van der Waals surface area contributed by atoms with Gasteiger partial charge in [0.15, 0.2) is 0 Å². The summed E-state index contributed by atoms with van der Waals surface area (Å²) in [5.41, 5.74) is 0.0956. The molecule has 0 saturated carbocycles. The number of nitrogens with one attached hydrogen (secondary N) is 1. The third-order valence-corrected chi connectivity index (χ3v) is 6.44. The molecule has 10 heteroatoms. The Morgan fingerprint density at radius 3 is 2.31 bits per heavy atom. The van der Waals surface area contributed by atoms with E-state index >= 15 is 8.78 Å². The molecule has 35 heavy (non-hydrogen) atoms. The quantitative estimate of drug-likeness (QED) is 0.579. The third kappa shape index (κ3) is 4.51. The fraction of sp³-hybridized carbons (Fsp3) is 0.240. The number of ether oxygens (including phenoxy) is 1. The molecule has 0 spiro atoms. The Balaban J connectivity index is 1.78. The Bertz CT molecular complexity index is 1350. The molecule has 1 aliphatic heterocycles. The van der Waals surface area contributed by atoms with Crippen molar-refractivity contribution in [3.8, 4) is 5.75 Å². The van der Waals surface area contributed by atoms with Gasteiger partial charge >= 0.3 is 0 Å². The van der Waals surface area contributed by atoms with Crippen molar-refractivity contribution in [2.24, 2.45) is 7.05 Å². The van der Waals surface area contributed by atoms with Gasteiger partial charge in [0.05, 0.1) is 7.11 Å². The van der Waals surface area contributed by atoms with Crippen LogP contribution in [0, 0.1) is 18.6 Å². The van der Waals surface area contributed by atoms with E-state index in [0.29, 0.717) is 10.7 Å². The molecule has 4 rings (SSSR count). The Labute approximate surface area is 204 Å². The first-order chi connectivity index (χ1) is 16.6. The number of aryl methyl sites for hydroxylation is 1. The van der Waals surface area contributed by atoms with Gasteiger partial charge in [-0.15, -0.1) is 0 Å². The molecule has 0 bridgehead atoms. The molecule has 0 radical (unpaired) electrons. The summed E-state index contributed by atoms with van der Waals surface area (Å²) >= 11 is 5.88. The van der Waals surface area contributed by atoms with E-state index in [1.165, 1.54) is 42.0 Å². The van der Waals surface area contributed by atoms with Crippen LogP contribution in [0.5, 0.6) is 5.75 Å². The smallest absolute Gasteiger partial charge is 0.274 e. The first-order valence-electron chi connectivity index (χ1n) is 10.7. The van der Waals surface area contributed by atoms with Gasteiger partial charge in [0.2, 0.25) is 5.91 Å². The van der Waals surface area contributed by atoms with Crippen molar-refractivity contribution in [2.75, 3.05) is 18.6 Å². The molecule has 0 unspecified atom stereocenters. The maximum atomic E-state index is 15.0. The lowest BCUT2D eigenvalue weighted by molar-refractivity contribution is -0.118. The maximum Gasteiger partial charge on any atom is 0.274 e. The summed E-state index contributed by atoms with van der Waals surface area (Å²) in [6.07, 6.45) is 0. The highest BCUT2D eigenvalue weighted by Crippen LogP contribution is 2.36. The molecule has 1 N–H and O–H groups in total. The van der Waals surface area contributed by atoms with E-state index in [-0.39, 0.29) is 29.1 Å². The Kier molecular flexibility index (Phi) is 6.62. The second-order valence-electron chi connectivity index (χ2n) is 8.24. The summed E-state index contributed by atoms with van der Waals surface area (Å²) < 4.78 is 36.4. The number of hydrogen-bond acceptors (Lipinski definition) is 4. The average molecular weight is 502 g/mol. The van der Waals surface area contributed by atoms with Crippen LogP contribution in [-0.2, 0) is 11.8 Å². The lowest BCUT2D eigenvalue weighted by Gasteiger charge is -2.20. The number of aromatic nitrogens is 1.